The number of carbonyl (C=O) groups is 1. The first-order valence-corrected chi connectivity index (χ1v) is 7.52. The fraction of sp³-hybridized carbons (Fsp3) is 0.562. The van der Waals surface area contributed by atoms with Crippen molar-refractivity contribution in [3.63, 3.8) is 0 Å². The van der Waals surface area contributed by atoms with E-state index in [1.165, 1.54) is 0 Å². The lowest BCUT2D eigenvalue weighted by Crippen LogP contribution is -2.43. The minimum atomic E-state index is -0.400. The van der Waals surface area contributed by atoms with Gasteiger partial charge in [-0.2, -0.15) is 0 Å². The van der Waals surface area contributed by atoms with Crippen LogP contribution >= 0.6 is 0 Å². The highest BCUT2D eigenvalue weighted by atomic mass is 16.3. The molecule has 1 atom stereocenters. The number of amides is 1. The third-order valence-corrected chi connectivity index (χ3v) is 4.28. The highest BCUT2D eigenvalue weighted by molar-refractivity contribution is 5.82. The SMILES string of the molecule is CCN(C(=O)CN1CCC(O)c2ccccc21)C1CC1. The number of hydrogen-bond acceptors (Lipinski definition) is 3. The van der Waals surface area contributed by atoms with Crippen LogP contribution in [0.4, 0.5) is 5.69 Å². The summed E-state index contributed by atoms with van der Waals surface area (Å²) >= 11 is 0. The van der Waals surface area contributed by atoms with Gasteiger partial charge in [0.1, 0.15) is 0 Å². The topological polar surface area (TPSA) is 43.8 Å². The van der Waals surface area contributed by atoms with Gasteiger partial charge in [0, 0.05) is 30.4 Å². The minimum Gasteiger partial charge on any atom is -0.388 e. The summed E-state index contributed by atoms with van der Waals surface area (Å²) in [7, 11) is 0. The molecule has 1 aromatic rings. The highest BCUT2D eigenvalue weighted by Crippen LogP contribution is 2.33. The lowest BCUT2D eigenvalue weighted by atomic mass is 9.99. The molecule has 1 fully saturated rings. The summed E-state index contributed by atoms with van der Waals surface area (Å²) in [5, 5.41) is 10.0. The molecular weight excluding hydrogens is 252 g/mol. The van der Waals surface area contributed by atoms with Gasteiger partial charge in [-0.25, -0.2) is 0 Å². The van der Waals surface area contributed by atoms with Crippen LogP contribution in [0, 0.1) is 0 Å². The highest BCUT2D eigenvalue weighted by Gasteiger charge is 2.33. The van der Waals surface area contributed by atoms with Crippen LogP contribution in [0.5, 0.6) is 0 Å². The second-order valence-corrected chi connectivity index (χ2v) is 5.70. The molecule has 2 aliphatic rings. The molecule has 1 heterocycles. The van der Waals surface area contributed by atoms with Crippen LogP contribution in [0.15, 0.2) is 24.3 Å². The van der Waals surface area contributed by atoms with Crippen LogP contribution in [0.2, 0.25) is 0 Å². The van der Waals surface area contributed by atoms with Crippen molar-refractivity contribution >= 4 is 11.6 Å². The van der Waals surface area contributed by atoms with E-state index < -0.39 is 6.10 Å². The Balaban J connectivity index is 1.75. The average Bonchev–Trinajstić information content (AvgIpc) is 3.28. The van der Waals surface area contributed by atoms with Crippen molar-refractivity contribution in [3.8, 4) is 0 Å². The Morgan fingerprint density at radius 1 is 1.35 bits per heavy atom. The number of para-hydroxylation sites is 1. The summed E-state index contributed by atoms with van der Waals surface area (Å²) in [6.45, 7) is 4.01. The van der Waals surface area contributed by atoms with Gasteiger partial charge in [-0.05, 0) is 32.3 Å². The van der Waals surface area contributed by atoms with E-state index in [9.17, 15) is 9.90 Å². The number of aliphatic hydroxyl groups excluding tert-OH is 1. The maximum absolute atomic E-state index is 12.4. The fourth-order valence-corrected chi connectivity index (χ4v) is 3.05. The van der Waals surface area contributed by atoms with E-state index in [0.29, 0.717) is 19.0 Å². The van der Waals surface area contributed by atoms with Gasteiger partial charge in [0.2, 0.25) is 5.91 Å². The lowest BCUT2D eigenvalue weighted by Gasteiger charge is -2.34. The van der Waals surface area contributed by atoms with Crippen molar-refractivity contribution in [2.75, 3.05) is 24.5 Å². The van der Waals surface area contributed by atoms with Crippen molar-refractivity contribution in [1.29, 1.82) is 0 Å². The van der Waals surface area contributed by atoms with E-state index >= 15 is 0 Å². The first kappa shape index (κ1) is 13.4. The molecule has 108 valence electrons. The normalized spacial score (nSPS) is 21.5. The number of likely N-dealkylation sites (N-methyl/N-ethyl adjacent to an activating group) is 1. The number of benzene rings is 1. The van der Waals surface area contributed by atoms with E-state index in [2.05, 4.69) is 4.90 Å². The van der Waals surface area contributed by atoms with Gasteiger partial charge < -0.3 is 14.9 Å². The van der Waals surface area contributed by atoms with Gasteiger partial charge in [-0.15, -0.1) is 0 Å². The molecule has 1 N–H and O–H groups in total. The largest absolute Gasteiger partial charge is 0.388 e. The second-order valence-electron chi connectivity index (χ2n) is 5.70. The Hall–Kier alpha value is -1.55. The predicted molar refractivity (Wildman–Crippen MR) is 78.6 cm³/mol. The van der Waals surface area contributed by atoms with Gasteiger partial charge in [0.25, 0.3) is 0 Å². The van der Waals surface area contributed by atoms with Crippen molar-refractivity contribution in [2.24, 2.45) is 0 Å². The molecule has 1 unspecified atom stereocenters. The molecule has 4 nitrogen and oxygen atoms in total. The van der Waals surface area contributed by atoms with Crippen molar-refractivity contribution in [1.82, 2.24) is 4.90 Å². The minimum absolute atomic E-state index is 0.209. The number of carbonyl (C=O) groups excluding carboxylic acids is 1. The zero-order chi connectivity index (χ0) is 14.1. The number of fused-ring (bicyclic) bond motifs is 1. The molecule has 1 aromatic carbocycles. The third kappa shape index (κ3) is 2.52. The van der Waals surface area contributed by atoms with Gasteiger partial charge in [0.05, 0.1) is 12.6 Å². The predicted octanol–water partition coefficient (Wildman–Crippen LogP) is 1.94. The molecule has 1 amide bonds. The molecule has 20 heavy (non-hydrogen) atoms. The molecule has 4 heteroatoms. The number of anilines is 1. The van der Waals surface area contributed by atoms with E-state index in [1.807, 2.05) is 36.1 Å². The zero-order valence-electron chi connectivity index (χ0n) is 12.0. The Labute approximate surface area is 120 Å². The Kier molecular flexibility index (Phi) is 3.66. The first-order chi connectivity index (χ1) is 9.70. The van der Waals surface area contributed by atoms with Crippen LogP contribution in [-0.4, -0.2) is 41.6 Å². The molecule has 1 aliphatic carbocycles. The molecule has 1 aliphatic heterocycles. The molecule has 0 saturated heterocycles. The number of rotatable bonds is 4. The first-order valence-electron chi connectivity index (χ1n) is 7.52. The zero-order valence-corrected chi connectivity index (χ0v) is 12.0. The average molecular weight is 274 g/mol. The Bertz CT molecular complexity index is 499. The van der Waals surface area contributed by atoms with Crippen LogP contribution < -0.4 is 4.90 Å². The van der Waals surface area contributed by atoms with Crippen molar-refractivity contribution in [3.05, 3.63) is 29.8 Å². The summed E-state index contributed by atoms with van der Waals surface area (Å²) in [6, 6.07) is 8.33. The van der Waals surface area contributed by atoms with Crippen LogP contribution in [0.3, 0.4) is 0 Å². The van der Waals surface area contributed by atoms with Crippen LogP contribution in [-0.2, 0) is 4.79 Å². The van der Waals surface area contributed by atoms with Crippen molar-refractivity contribution < 1.29 is 9.90 Å². The van der Waals surface area contributed by atoms with E-state index in [-0.39, 0.29) is 5.91 Å². The molecule has 0 spiro atoms. The number of hydrogen-bond donors (Lipinski definition) is 1. The summed E-state index contributed by atoms with van der Waals surface area (Å²) in [6.07, 6.45) is 2.59. The quantitative estimate of drug-likeness (QED) is 0.912. The summed E-state index contributed by atoms with van der Waals surface area (Å²) in [5.41, 5.74) is 1.95. The molecule has 0 bridgehead atoms. The Morgan fingerprint density at radius 3 is 2.80 bits per heavy atom. The molecule has 1 saturated carbocycles. The van der Waals surface area contributed by atoms with Gasteiger partial charge in [-0.3, -0.25) is 4.79 Å². The van der Waals surface area contributed by atoms with E-state index in [4.69, 9.17) is 0 Å². The maximum atomic E-state index is 12.4. The van der Waals surface area contributed by atoms with E-state index in [1.54, 1.807) is 0 Å². The van der Waals surface area contributed by atoms with Gasteiger partial charge in [0.15, 0.2) is 0 Å². The molecule has 0 radical (unpaired) electrons. The standard InChI is InChI=1S/C16H22N2O2/c1-2-18(12-7-8-12)16(20)11-17-10-9-15(19)13-5-3-4-6-14(13)17/h3-6,12,15,19H,2,7-11H2,1H3. The summed E-state index contributed by atoms with van der Waals surface area (Å²) in [4.78, 5) is 16.5. The van der Waals surface area contributed by atoms with E-state index in [0.717, 1.165) is 37.2 Å². The third-order valence-electron chi connectivity index (χ3n) is 4.28. The van der Waals surface area contributed by atoms with Crippen LogP contribution in [0.25, 0.3) is 0 Å². The van der Waals surface area contributed by atoms with Gasteiger partial charge >= 0.3 is 0 Å². The molecule has 3 rings (SSSR count). The number of nitrogens with zero attached hydrogens (tertiary/aromatic N) is 2. The Morgan fingerprint density at radius 2 is 2.10 bits per heavy atom. The fourth-order valence-electron chi connectivity index (χ4n) is 3.05. The maximum Gasteiger partial charge on any atom is 0.242 e. The lowest BCUT2D eigenvalue weighted by molar-refractivity contribution is -0.130. The summed E-state index contributed by atoms with van der Waals surface area (Å²) < 4.78 is 0. The summed E-state index contributed by atoms with van der Waals surface area (Å²) in [5.74, 6) is 0.209. The second kappa shape index (κ2) is 5.44. The molecule has 0 aromatic heterocycles. The van der Waals surface area contributed by atoms with Crippen molar-refractivity contribution in [2.45, 2.75) is 38.3 Å². The molecular formula is C16H22N2O2. The van der Waals surface area contributed by atoms with Gasteiger partial charge in [-0.1, -0.05) is 18.2 Å². The number of aliphatic hydroxyl groups is 1. The smallest absolute Gasteiger partial charge is 0.242 e. The monoisotopic (exact) mass is 274 g/mol. The van der Waals surface area contributed by atoms with Crippen LogP contribution in [0.1, 0.15) is 37.9 Å².